The van der Waals surface area contributed by atoms with E-state index in [0.717, 1.165) is 28.2 Å². The maximum absolute atomic E-state index is 13.0. The van der Waals surface area contributed by atoms with Gasteiger partial charge in [-0.2, -0.15) is 0 Å². The van der Waals surface area contributed by atoms with Crippen LogP contribution in [0, 0.1) is 0 Å². The van der Waals surface area contributed by atoms with Crippen molar-refractivity contribution in [2.75, 3.05) is 26.1 Å². The maximum atomic E-state index is 13.0. The number of rotatable bonds is 11. The summed E-state index contributed by atoms with van der Waals surface area (Å²) in [4.78, 5) is 21.8. The van der Waals surface area contributed by atoms with Gasteiger partial charge in [0.1, 0.15) is 47.2 Å². The molecule has 4 aromatic carbocycles. The van der Waals surface area contributed by atoms with E-state index in [-0.39, 0.29) is 12.5 Å². The van der Waals surface area contributed by atoms with Gasteiger partial charge in [-0.05, 0) is 69.0 Å². The number of ether oxygens (including phenoxy) is 4. The quantitative estimate of drug-likeness (QED) is 0.135. The molecule has 1 fully saturated rings. The number of fused-ring (bicyclic) bond motifs is 1. The molecule has 3 heterocycles. The molecule has 0 aliphatic carbocycles. The van der Waals surface area contributed by atoms with Crippen molar-refractivity contribution in [2.45, 2.75) is 30.5 Å². The summed E-state index contributed by atoms with van der Waals surface area (Å²) in [6.07, 6.45) is 1.46. The number of benzene rings is 4. The summed E-state index contributed by atoms with van der Waals surface area (Å²) < 4.78 is 27.0. The maximum Gasteiger partial charge on any atom is 0.256 e. The molecule has 2 N–H and O–H groups in total. The summed E-state index contributed by atoms with van der Waals surface area (Å²) >= 11 is 3.63. The summed E-state index contributed by atoms with van der Waals surface area (Å²) in [7, 11) is 3.27. The average molecular weight is 736 g/mol. The number of anilines is 1. The molecule has 1 saturated heterocycles. The normalized spacial score (nSPS) is 17.5. The van der Waals surface area contributed by atoms with E-state index in [1.165, 1.54) is 6.33 Å². The number of amides is 1. The number of carbonyl (C=O) groups excluding carboxylic acids is 1. The summed E-state index contributed by atoms with van der Waals surface area (Å²) in [6, 6.07) is 34.5. The minimum atomic E-state index is -1.07. The van der Waals surface area contributed by atoms with Crippen molar-refractivity contribution in [3.05, 3.63) is 148 Å². The van der Waals surface area contributed by atoms with Crippen LogP contribution in [0.3, 0.4) is 0 Å². The minimum absolute atomic E-state index is 0.0678. The second-order valence-electron chi connectivity index (χ2n) is 11.9. The van der Waals surface area contributed by atoms with E-state index in [4.69, 9.17) is 18.9 Å². The van der Waals surface area contributed by atoms with E-state index in [1.54, 1.807) is 38.5 Å². The van der Waals surface area contributed by atoms with Crippen LogP contribution in [0.25, 0.3) is 11.0 Å². The van der Waals surface area contributed by atoms with Gasteiger partial charge >= 0.3 is 0 Å². The molecule has 0 saturated carbocycles. The van der Waals surface area contributed by atoms with Gasteiger partial charge in [0.15, 0.2) is 0 Å². The van der Waals surface area contributed by atoms with Gasteiger partial charge in [0.25, 0.3) is 5.91 Å². The van der Waals surface area contributed by atoms with Crippen molar-refractivity contribution in [3.8, 4) is 11.5 Å². The largest absolute Gasteiger partial charge is 0.497 e. The molecule has 0 bridgehead atoms. The Morgan fingerprint density at radius 2 is 1.46 bits per heavy atom. The lowest BCUT2D eigenvalue weighted by Gasteiger charge is -2.37. The Balaban J connectivity index is 1.19. The molecule has 10 nitrogen and oxygen atoms in total. The third kappa shape index (κ3) is 6.36. The first-order valence-corrected chi connectivity index (χ1v) is 16.9. The van der Waals surface area contributed by atoms with Crippen LogP contribution in [0.15, 0.2) is 126 Å². The number of carbonyl (C=O) groups is 1. The fourth-order valence-electron chi connectivity index (χ4n) is 6.44. The number of nitrogens with zero attached hydrogens (tertiary/aromatic N) is 3. The summed E-state index contributed by atoms with van der Waals surface area (Å²) in [5, 5.41) is 14.9. The lowest BCUT2D eigenvalue weighted by Crippen LogP contribution is -2.38. The number of hydrogen-bond donors (Lipinski definition) is 2. The highest BCUT2D eigenvalue weighted by Crippen LogP contribution is 2.43. The van der Waals surface area contributed by atoms with Gasteiger partial charge in [-0.1, -0.05) is 72.8 Å². The van der Waals surface area contributed by atoms with Gasteiger partial charge in [-0.25, -0.2) is 9.97 Å². The van der Waals surface area contributed by atoms with Crippen molar-refractivity contribution >= 4 is 38.7 Å². The Morgan fingerprint density at radius 3 is 2.06 bits per heavy atom. The van der Waals surface area contributed by atoms with Crippen molar-refractivity contribution in [1.29, 1.82) is 0 Å². The first-order chi connectivity index (χ1) is 24.4. The Kier molecular flexibility index (Phi) is 9.64. The highest BCUT2D eigenvalue weighted by Gasteiger charge is 2.42. The van der Waals surface area contributed by atoms with E-state index in [9.17, 15) is 9.90 Å². The molecular formula is C39H35BrN4O6. The van der Waals surface area contributed by atoms with Crippen molar-refractivity contribution in [3.63, 3.8) is 0 Å². The van der Waals surface area contributed by atoms with Crippen LogP contribution < -0.4 is 14.8 Å². The smallest absolute Gasteiger partial charge is 0.256 e. The SMILES string of the molecule is COc1ccc(C(OC[C@H]2O[C@H](n3cc(Br)c4c(NC(=O)c5ccccc5)ncnc43)C[C@@H]2O)(c2ccccc2)c2ccc(OC)cc2)cc1. The molecule has 50 heavy (non-hydrogen) atoms. The number of nitrogens with one attached hydrogen (secondary N) is 1. The highest BCUT2D eigenvalue weighted by molar-refractivity contribution is 9.10. The molecule has 11 heteroatoms. The van der Waals surface area contributed by atoms with Gasteiger partial charge in [0.2, 0.25) is 0 Å². The molecule has 0 radical (unpaired) electrons. The lowest BCUT2D eigenvalue weighted by atomic mass is 9.80. The zero-order chi connectivity index (χ0) is 34.7. The van der Waals surface area contributed by atoms with E-state index in [2.05, 4.69) is 31.2 Å². The molecule has 6 aromatic rings. The fraction of sp³-hybridized carbons (Fsp3) is 0.205. The number of methoxy groups -OCH3 is 2. The van der Waals surface area contributed by atoms with Crippen LogP contribution in [0.2, 0.25) is 0 Å². The van der Waals surface area contributed by atoms with Gasteiger partial charge in [-0.15, -0.1) is 0 Å². The molecule has 1 amide bonds. The highest BCUT2D eigenvalue weighted by atomic mass is 79.9. The third-order valence-electron chi connectivity index (χ3n) is 8.98. The molecule has 2 aromatic heterocycles. The number of aromatic nitrogens is 3. The van der Waals surface area contributed by atoms with Crippen LogP contribution in [0.4, 0.5) is 5.82 Å². The summed E-state index contributed by atoms with van der Waals surface area (Å²) in [5.41, 5.74) is 2.64. The summed E-state index contributed by atoms with van der Waals surface area (Å²) in [6.45, 7) is 0.0678. The first kappa shape index (κ1) is 33.4. The topological polar surface area (TPSA) is 117 Å². The predicted octanol–water partition coefficient (Wildman–Crippen LogP) is 7.12. The fourth-order valence-corrected chi connectivity index (χ4v) is 7.03. The number of hydrogen-bond acceptors (Lipinski definition) is 8. The molecule has 0 spiro atoms. The van der Waals surface area contributed by atoms with Crippen LogP contribution in [0.1, 0.15) is 39.7 Å². The van der Waals surface area contributed by atoms with E-state index in [1.807, 2.05) is 95.7 Å². The van der Waals surface area contributed by atoms with E-state index in [0.29, 0.717) is 33.3 Å². The lowest BCUT2D eigenvalue weighted by molar-refractivity contribution is -0.0930. The predicted molar refractivity (Wildman–Crippen MR) is 192 cm³/mol. The monoisotopic (exact) mass is 734 g/mol. The Morgan fingerprint density at radius 1 is 0.880 bits per heavy atom. The second kappa shape index (κ2) is 14.4. The first-order valence-electron chi connectivity index (χ1n) is 16.1. The molecule has 254 valence electrons. The van der Waals surface area contributed by atoms with Crippen LogP contribution >= 0.6 is 15.9 Å². The Labute approximate surface area is 297 Å². The zero-order valence-electron chi connectivity index (χ0n) is 27.4. The Bertz CT molecular complexity index is 2030. The number of halogens is 1. The van der Waals surface area contributed by atoms with Gasteiger partial charge in [-0.3, -0.25) is 4.79 Å². The number of aliphatic hydroxyl groups excluding tert-OH is 1. The van der Waals surface area contributed by atoms with Gasteiger partial charge in [0.05, 0.1) is 32.3 Å². The van der Waals surface area contributed by atoms with Crippen molar-refractivity contribution < 1.29 is 28.8 Å². The van der Waals surface area contributed by atoms with E-state index < -0.39 is 24.0 Å². The molecule has 1 aliphatic heterocycles. The van der Waals surface area contributed by atoms with Gasteiger partial charge < -0.3 is 33.9 Å². The Hall–Kier alpha value is -5.07. The molecule has 0 unspecified atom stereocenters. The second-order valence-corrected chi connectivity index (χ2v) is 12.7. The zero-order valence-corrected chi connectivity index (χ0v) is 29.0. The molecule has 3 atom stereocenters. The van der Waals surface area contributed by atoms with Gasteiger partial charge in [0, 0.05) is 22.7 Å². The average Bonchev–Trinajstić information content (AvgIpc) is 3.72. The van der Waals surface area contributed by atoms with Crippen LogP contribution in [-0.4, -0.2) is 58.6 Å². The van der Waals surface area contributed by atoms with Crippen molar-refractivity contribution in [1.82, 2.24) is 14.5 Å². The summed E-state index contributed by atoms with van der Waals surface area (Å²) in [5.74, 6) is 1.52. The van der Waals surface area contributed by atoms with E-state index >= 15 is 0 Å². The third-order valence-corrected chi connectivity index (χ3v) is 9.58. The van der Waals surface area contributed by atoms with Crippen molar-refractivity contribution in [2.24, 2.45) is 0 Å². The minimum Gasteiger partial charge on any atom is -0.497 e. The van der Waals surface area contributed by atoms with Crippen LogP contribution in [0.5, 0.6) is 11.5 Å². The molecule has 7 rings (SSSR count). The van der Waals surface area contributed by atoms with Crippen LogP contribution in [-0.2, 0) is 15.1 Å². The number of aliphatic hydroxyl groups is 1. The standard InChI is InChI=1S/C39H35BrN4O6/c1-47-29-17-13-27(14-18-29)39(26-11-7-4-8-12-26,28-15-19-30(48-2)20-16-28)49-23-33-32(45)21-34(50-33)44-22-31(40)35-36(41-24-42-37(35)44)43-38(46)25-9-5-3-6-10-25/h3-20,22,24,32-34,45H,21,23H2,1-2H3,(H,41,42,43,46)/t32-,33+,34-/m0/s1. The molecular weight excluding hydrogens is 700 g/mol. The molecule has 1 aliphatic rings.